The Morgan fingerprint density at radius 3 is 2.23 bits per heavy atom. The van der Waals surface area contributed by atoms with Crippen LogP contribution in [-0.4, -0.2) is 16.5 Å². The smallest absolute Gasteiger partial charge is 0.318 e. The van der Waals surface area contributed by atoms with Gasteiger partial charge in [-0.15, -0.1) is 0 Å². The van der Waals surface area contributed by atoms with Crippen molar-refractivity contribution in [2.75, 3.05) is 0 Å². The van der Waals surface area contributed by atoms with Crippen molar-refractivity contribution in [3.63, 3.8) is 0 Å². The van der Waals surface area contributed by atoms with Gasteiger partial charge in [-0.1, -0.05) is 6.92 Å². The van der Waals surface area contributed by atoms with Crippen LogP contribution in [0.5, 0.6) is 0 Å². The van der Waals surface area contributed by atoms with Crippen molar-refractivity contribution in [1.82, 2.24) is 0 Å². The van der Waals surface area contributed by atoms with Crippen LogP contribution in [0.2, 0.25) is 0 Å². The van der Waals surface area contributed by atoms with Gasteiger partial charge in [-0.3, -0.25) is 20.3 Å². The van der Waals surface area contributed by atoms with E-state index >= 15 is 0 Å². The number of carbonyl (C=O) groups is 1. The van der Waals surface area contributed by atoms with Gasteiger partial charge in [0.05, 0.1) is 4.92 Å². The summed E-state index contributed by atoms with van der Waals surface area (Å²) in [4.78, 5) is 20.0. The standard InChI is InChI=1S/C6H10N4O3/c1-2-3(7)5(10(12)13)4(8)6(9)11/h7H,2,8H2,1H3,(H2,9,11)/b5-4+,7-3?. The van der Waals surface area contributed by atoms with E-state index in [1.165, 1.54) is 0 Å². The first-order valence-corrected chi connectivity index (χ1v) is 3.43. The summed E-state index contributed by atoms with van der Waals surface area (Å²) in [5.74, 6) is -1.09. The van der Waals surface area contributed by atoms with Gasteiger partial charge in [-0.25, -0.2) is 0 Å². The average molecular weight is 186 g/mol. The largest absolute Gasteiger partial charge is 0.389 e. The monoisotopic (exact) mass is 186 g/mol. The highest BCUT2D eigenvalue weighted by atomic mass is 16.6. The van der Waals surface area contributed by atoms with E-state index in [9.17, 15) is 14.9 Å². The molecular formula is C6H10N4O3. The molecule has 0 atom stereocenters. The molecule has 0 aromatic carbocycles. The lowest BCUT2D eigenvalue weighted by Gasteiger charge is -2.00. The van der Waals surface area contributed by atoms with Crippen molar-refractivity contribution in [3.05, 3.63) is 21.5 Å². The molecular weight excluding hydrogens is 176 g/mol. The van der Waals surface area contributed by atoms with Crippen LogP contribution in [0.4, 0.5) is 0 Å². The van der Waals surface area contributed by atoms with Crippen molar-refractivity contribution in [2.24, 2.45) is 11.5 Å². The van der Waals surface area contributed by atoms with Gasteiger partial charge in [0.15, 0.2) is 5.70 Å². The zero-order valence-corrected chi connectivity index (χ0v) is 7.03. The third-order valence-electron chi connectivity index (χ3n) is 1.34. The molecule has 0 aliphatic rings. The maximum atomic E-state index is 10.5. The first-order valence-electron chi connectivity index (χ1n) is 3.43. The van der Waals surface area contributed by atoms with E-state index in [2.05, 4.69) is 0 Å². The van der Waals surface area contributed by atoms with Gasteiger partial charge in [-0.2, -0.15) is 0 Å². The summed E-state index contributed by atoms with van der Waals surface area (Å²) in [5, 5.41) is 17.5. The Morgan fingerprint density at radius 1 is 1.54 bits per heavy atom. The summed E-state index contributed by atoms with van der Waals surface area (Å²) >= 11 is 0. The Labute approximate surface area is 74.1 Å². The molecule has 0 saturated carbocycles. The average Bonchev–Trinajstić information content (AvgIpc) is 2.03. The quantitative estimate of drug-likeness (QED) is 0.232. The summed E-state index contributed by atoms with van der Waals surface area (Å²) in [6.45, 7) is 1.54. The molecule has 0 heterocycles. The number of nitrogens with one attached hydrogen (secondary N) is 1. The molecule has 13 heavy (non-hydrogen) atoms. The number of rotatable bonds is 4. The number of nitro groups is 1. The van der Waals surface area contributed by atoms with E-state index in [-0.39, 0.29) is 12.1 Å². The van der Waals surface area contributed by atoms with Crippen LogP contribution >= 0.6 is 0 Å². The van der Waals surface area contributed by atoms with Crippen LogP contribution in [0, 0.1) is 15.5 Å². The number of carbonyl (C=O) groups excluding carboxylic acids is 1. The molecule has 7 heteroatoms. The SMILES string of the molecule is CCC(=N)/C(=C(\N)C(N)=O)[N+](=O)[O-]. The lowest BCUT2D eigenvalue weighted by atomic mass is 10.2. The zero-order chi connectivity index (χ0) is 10.6. The molecule has 0 unspecified atom stereocenters. The molecule has 0 bridgehead atoms. The van der Waals surface area contributed by atoms with E-state index in [0.717, 1.165) is 0 Å². The second-order valence-electron chi connectivity index (χ2n) is 2.22. The maximum Gasteiger partial charge on any atom is 0.318 e. The van der Waals surface area contributed by atoms with E-state index in [4.69, 9.17) is 16.9 Å². The van der Waals surface area contributed by atoms with Crippen LogP contribution in [-0.2, 0) is 4.79 Å². The van der Waals surface area contributed by atoms with Crippen molar-refractivity contribution >= 4 is 11.6 Å². The Morgan fingerprint density at radius 2 is 2.00 bits per heavy atom. The van der Waals surface area contributed by atoms with E-state index in [0.29, 0.717) is 0 Å². The fourth-order valence-electron chi connectivity index (χ4n) is 0.655. The van der Waals surface area contributed by atoms with E-state index in [1.807, 2.05) is 0 Å². The van der Waals surface area contributed by atoms with Crippen LogP contribution in [0.3, 0.4) is 0 Å². The molecule has 0 aliphatic heterocycles. The van der Waals surface area contributed by atoms with Crippen LogP contribution < -0.4 is 11.5 Å². The predicted octanol–water partition coefficient (Wildman–Crippen LogP) is -0.652. The third kappa shape index (κ3) is 2.55. The number of amides is 1. The highest BCUT2D eigenvalue weighted by Gasteiger charge is 2.23. The normalized spacial score (nSPS) is 11.8. The first-order chi connectivity index (χ1) is 5.91. The van der Waals surface area contributed by atoms with E-state index < -0.39 is 22.2 Å². The number of nitrogens with zero attached hydrogens (tertiary/aromatic N) is 1. The third-order valence-corrected chi connectivity index (χ3v) is 1.34. The molecule has 0 aromatic rings. The summed E-state index contributed by atoms with van der Waals surface area (Å²) < 4.78 is 0. The second kappa shape index (κ2) is 4.19. The minimum Gasteiger partial charge on any atom is -0.389 e. The van der Waals surface area contributed by atoms with Gasteiger partial charge in [-0.05, 0) is 6.42 Å². The number of allylic oxidation sites excluding steroid dienone is 1. The Kier molecular flexibility index (Phi) is 3.57. The summed E-state index contributed by atoms with van der Waals surface area (Å²) in [6.07, 6.45) is 0.115. The lowest BCUT2D eigenvalue weighted by molar-refractivity contribution is -0.416. The van der Waals surface area contributed by atoms with E-state index in [1.54, 1.807) is 6.92 Å². The molecule has 7 nitrogen and oxygen atoms in total. The van der Waals surface area contributed by atoms with Crippen molar-refractivity contribution in [3.8, 4) is 0 Å². The molecule has 0 aliphatic carbocycles. The van der Waals surface area contributed by atoms with Crippen LogP contribution in [0.1, 0.15) is 13.3 Å². The van der Waals surface area contributed by atoms with Crippen LogP contribution in [0.15, 0.2) is 11.4 Å². The molecule has 0 fully saturated rings. The Balaban J connectivity index is 5.25. The fraction of sp³-hybridized carbons (Fsp3) is 0.333. The summed E-state index contributed by atoms with van der Waals surface area (Å²) in [5.41, 5.74) is 8.09. The number of hydrogen-bond acceptors (Lipinski definition) is 5. The summed E-state index contributed by atoms with van der Waals surface area (Å²) in [7, 11) is 0. The van der Waals surface area contributed by atoms with Crippen LogP contribution in [0.25, 0.3) is 0 Å². The predicted molar refractivity (Wildman–Crippen MR) is 45.4 cm³/mol. The first kappa shape index (κ1) is 11.1. The molecule has 0 saturated heterocycles. The molecule has 1 amide bonds. The highest BCUT2D eigenvalue weighted by Crippen LogP contribution is 2.04. The zero-order valence-electron chi connectivity index (χ0n) is 7.03. The second-order valence-corrected chi connectivity index (χ2v) is 2.22. The topological polar surface area (TPSA) is 136 Å². The molecule has 0 radical (unpaired) electrons. The number of primary amides is 1. The van der Waals surface area contributed by atoms with Gasteiger partial charge in [0, 0.05) is 0 Å². The van der Waals surface area contributed by atoms with Crippen molar-refractivity contribution in [1.29, 1.82) is 5.41 Å². The molecule has 5 N–H and O–H groups in total. The lowest BCUT2D eigenvalue weighted by Crippen LogP contribution is -2.27. The van der Waals surface area contributed by atoms with Gasteiger partial charge >= 0.3 is 5.70 Å². The van der Waals surface area contributed by atoms with Crippen molar-refractivity contribution in [2.45, 2.75) is 13.3 Å². The molecule has 72 valence electrons. The highest BCUT2D eigenvalue weighted by molar-refractivity contribution is 6.03. The van der Waals surface area contributed by atoms with Crippen molar-refractivity contribution < 1.29 is 9.72 Å². The van der Waals surface area contributed by atoms with Gasteiger partial charge < -0.3 is 11.5 Å². The van der Waals surface area contributed by atoms with Gasteiger partial charge in [0.1, 0.15) is 5.71 Å². The Bertz CT molecular complexity index is 294. The van der Waals surface area contributed by atoms with Gasteiger partial charge in [0.2, 0.25) is 0 Å². The summed E-state index contributed by atoms with van der Waals surface area (Å²) in [6, 6.07) is 0. The maximum absolute atomic E-state index is 10.5. The molecule has 0 aromatic heterocycles. The minimum atomic E-state index is -1.09. The fourth-order valence-corrected chi connectivity index (χ4v) is 0.655. The molecule has 0 rings (SSSR count). The number of nitrogens with two attached hydrogens (primary N) is 2. The Hall–Kier alpha value is -1.92. The minimum absolute atomic E-state index is 0.115. The number of hydrogen-bond donors (Lipinski definition) is 3. The molecule has 0 spiro atoms. The van der Waals surface area contributed by atoms with Gasteiger partial charge in [0.25, 0.3) is 5.91 Å².